The Morgan fingerprint density at radius 1 is 0.875 bits per heavy atom. The van der Waals surface area contributed by atoms with E-state index >= 15 is 0 Å². The average Bonchev–Trinajstić information content (AvgIpc) is 3.51. The highest BCUT2D eigenvalue weighted by atomic mass is 16.5. The van der Waals surface area contributed by atoms with Crippen molar-refractivity contribution in [1.82, 2.24) is 15.0 Å². The van der Waals surface area contributed by atoms with Gasteiger partial charge in [0, 0.05) is 11.3 Å². The summed E-state index contributed by atoms with van der Waals surface area (Å²) in [6.07, 6.45) is 1.66. The number of carbonyl (C=O) groups excluding carboxylic acids is 2. The second-order valence-electron chi connectivity index (χ2n) is 8.75. The first kappa shape index (κ1) is 25.9. The van der Waals surface area contributed by atoms with E-state index in [1.165, 1.54) is 19.1 Å². The zero-order valence-electron chi connectivity index (χ0n) is 21.7. The summed E-state index contributed by atoms with van der Waals surface area (Å²) in [4.78, 5) is 27.8. The van der Waals surface area contributed by atoms with Gasteiger partial charge < -0.3 is 15.2 Å². The summed E-state index contributed by atoms with van der Waals surface area (Å²) in [5, 5.41) is 18.5. The van der Waals surface area contributed by atoms with Crippen LogP contribution >= 0.6 is 0 Å². The molecule has 1 aromatic heterocycles. The molecule has 1 atom stereocenters. The summed E-state index contributed by atoms with van der Waals surface area (Å²) in [6, 6.07) is 27.6. The van der Waals surface area contributed by atoms with Crippen LogP contribution in [-0.4, -0.2) is 41.2 Å². The fraction of sp³-hybridized carbons (Fsp3) is 0.100. The van der Waals surface area contributed by atoms with Crippen molar-refractivity contribution in [3.63, 3.8) is 0 Å². The second-order valence-corrected chi connectivity index (χ2v) is 8.75. The number of nitrogens with zero attached hydrogens (tertiary/aromatic N) is 5. The lowest BCUT2D eigenvalue weighted by atomic mass is 9.81. The molecule has 10 heteroatoms. The summed E-state index contributed by atoms with van der Waals surface area (Å²) in [6.45, 7) is 0. The molecular formula is C30H24N6O4. The maximum Gasteiger partial charge on any atom is 0.355 e. The second kappa shape index (κ2) is 11.0. The molecule has 0 amide bonds. The fourth-order valence-electron chi connectivity index (χ4n) is 4.76. The lowest BCUT2D eigenvalue weighted by Gasteiger charge is -2.35. The Morgan fingerprint density at radius 3 is 2.08 bits per heavy atom. The minimum Gasteiger partial charge on any atom is -0.466 e. The van der Waals surface area contributed by atoms with E-state index in [-0.39, 0.29) is 22.7 Å². The summed E-state index contributed by atoms with van der Waals surface area (Å²) >= 11 is 0. The van der Waals surface area contributed by atoms with Gasteiger partial charge in [-0.25, -0.2) is 14.3 Å². The van der Waals surface area contributed by atoms with Gasteiger partial charge in [0.1, 0.15) is 11.5 Å². The van der Waals surface area contributed by atoms with E-state index in [4.69, 9.17) is 15.2 Å². The third-order valence-electron chi connectivity index (χ3n) is 6.58. The number of esters is 2. The number of rotatable bonds is 6. The average molecular weight is 533 g/mol. The first-order chi connectivity index (χ1) is 19.5. The molecule has 0 radical (unpaired) electrons. The molecule has 5 rings (SSSR count). The van der Waals surface area contributed by atoms with Crippen molar-refractivity contribution in [2.45, 2.75) is 5.92 Å². The highest BCUT2D eigenvalue weighted by Gasteiger charge is 2.43. The summed E-state index contributed by atoms with van der Waals surface area (Å²) in [5.41, 5.74) is 9.89. The Labute approximate surface area is 230 Å². The maximum atomic E-state index is 13.2. The molecule has 1 aliphatic heterocycles. The van der Waals surface area contributed by atoms with Crippen LogP contribution in [0.5, 0.6) is 0 Å². The third kappa shape index (κ3) is 4.46. The smallest absolute Gasteiger partial charge is 0.355 e. The molecule has 1 aliphatic rings. The zero-order chi connectivity index (χ0) is 28.2. The molecule has 0 bridgehead atoms. The molecule has 0 spiro atoms. The van der Waals surface area contributed by atoms with E-state index in [9.17, 15) is 14.9 Å². The Balaban J connectivity index is 1.66. The van der Waals surface area contributed by atoms with Crippen molar-refractivity contribution in [2.24, 2.45) is 5.73 Å². The number of anilines is 1. The van der Waals surface area contributed by atoms with Crippen molar-refractivity contribution < 1.29 is 19.1 Å². The molecule has 4 aromatic rings. The van der Waals surface area contributed by atoms with Crippen LogP contribution in [0.2, 0.25) is 0 Å². The predicted octanol–water partition coefficient (Wildman–Crippen LogP) is 3.83. The van der Waals surface area contributed by atoms with Crippen molar-refractivity contribution in [3.8, 4) is 23.0 Å². The molecule has 3 aromatic carbocycles. The van der Waals surface area contributed by atoms with Gasteiger partial charge >= 0.3 is 11.9 Å². The molecule has 198 valence electrons. The minimum absolute atomic E-state index is 0.0112. The van der Waals surface area contributed by atoms with E-state index in [0.29, 0.717) is 16.9 Å². The van der Waals surface area contributed by atoms with Crippen LogP contribution in [0.15, 0.2) is 114 Å². The summed E-state index contributed by atoms with van der Waals surface area (Å²) in [7, 11) is 2.42. The first-order valence-corrected chi connectivity index (χ1v) is 12.2. The SMILES string of the molecule is COC(=O)C1=C(C(=O)OC)N(c2ccc(-n3nncc3-c3ccccc3)cc2)C(N)=C(C#N)C1c1ccccc1. The molecule has 0 saturated heterocycles. The van der Waals surface area contributed by atoms with Crippen molar-refractivity contribution >= 4 is 17.6 Å². The Kier molecular flexibility index (Phi) is 7.11. The van der Waals surface area contributed by atoms with E-state index < -0.39 is 17.9 Å². The van der Waals surface area contributed by atoms with Crippen LogP contribution in [0.1, 0.15) is 11.5 Å². The van der Waals surface area contributed by atoms with Gasteiger partial charge in [0.05, 0.1) is 54.9 Å². The molecule has 2 heterocycles. The number of aromatic nitrogens is 3. The minimum atomic E-state index is -0.938. The van der Waals surface area contributed by atoms with E-state index in [0.717, 1.165) is 11.3 Å². The molecule has 10 nitrogen and oxygen atoms in total. The van der Waals surface area contributed by atoms with Crippen LogP contribution in [0, 0.1) is 11.3 Å². The highest BCUT2D eigenvalue weighted by Crippen LogP contribution is 2.43. The summed E-state index contributed by atoms with van der Waals surface area (Å²) in [5.74, 6) is -2.55. The van der Waals surface area contributed by atoms with Crippen molar-refractivity contribution in [3.05, 3.63) is 119 Å². The molecular weight excluding hydrogens is 508 g/mol. The van der Waals surface area contributed by atoms with Crippen molar-refractivity contribution in [2.75, 3.05) is 19.1 Å². The highest BCUT2D eigenvalue weighted by molar-refractivity contribution is 6.06. The quantitative estimate of drug-likeness (QED) is 0.367. The van der Waals surface area contributed by atoms with Gasteiger partial charge in [0.2, 0.25) is 0 Å². The van der Waals surface area contributed by atoms with Gasteiger partial charge in [0.15, 0.2) is 0 Å². The largest absolute Gasteiger partial charge is 0.466 e. The standard InChI is InChI=1S/C30H24N6O4/c1-39-29(37)26-25(20-11-7-4-8-12-20)23(17-31)28(32)35(27(26)30(38)40-2)21-13-15-22(16-14-21)36-24(18-33-34-36)19-9-5-3-6-10-19/h3-16,18,25H,32H2,1-2H3. The van der Waals surface area contributed by atoms with Gasteiger partial charge in [-0.2, -0.15) is 5.26 Å². The van der Waals surface area contributed by atoms with Crippen molar-refractivity contribution in [1.29, 1.82) is 5.26 Å². The summed E-state index contributed by atoms with van der Waals surface area (Å²) < 4.78 is 11.8. The van der Waals surface area contributed by atoms with Gasteiger partial charge in [-0.15, -0.1) is 5.10 Å². The number of ether oxygens (including phenoxy) is 2. The number of carbonyl (C=O) groups is 2. The maximum absolute atomic E-state index is 13.2. The topological polar surface area (TPSA) is 136 Å². The third-order valence-corrected chi connectivity index (χ3v) is 6.58. The van der Waals surface area contributed by atoms with Crippen LogP contribution in [0.4, 0.5) is 5.69 Å². The van der Waals surface area contributed by atoms with E-state index in [1.807, 2.05) is 30.3 Å². The molecule has 1 unspecified atom stereocenters. The van der Waals surface area contributed by atoms with E-state index in [2.05, 4.69) is 16.4 Å². The van der Waals surface area contributed by atoms with E-state index in [1.54, 1.807) is 65.5 Å². The Morgan fingerprint density at radius 2 is 1.48 bits per heavy atom. The van der Waals surface area contributed by atoms with Crippen LogP contribution in [0.25, 0.3) is 16.9 Å². The van der Waals surface area contributed by atoms with Gasteiger partial charge in [-0.3, -0.25) is 4.90 Å². The Bertz CT molecular complexity index is 1670. The number of nitrogens with two attached hydrogens (primary N) is 1. The molecule has 0 aliphatic carbocycles. The zero-order valence-corrected chi connectivity index (χ0v) is 21.7. The molecule has 0 saturated carbocycles. The number of hydrogen-bond acceptors (Lipinski definition) is 9. The van der Waals surface area contributed by atoms with Gasteiger partial charge in [0.25, 0.3) is 0 Å². The number of hydrogen-bond donors (Lipinski definition) is 1. The number of nitriles is 1. The van der Waals surface area contributed by atoms with Gasteiger partial charge in [-0.1, -0.05) is 65.9 Å². The lowest BCUT2D eigenvalue weighted by Crippen LogP contribution is -2.40. The van der Waals surface area contributed by atoms with Crippen LogP contribution in [0.3, 0.4) is 0 Å². The molecule has 2 N–H and O–H groups in total. The molecule has 40 heavy (non-hydrogen) atoms. The fourth-order valence-corrected chi connectivity index (χ4v) is 4.76. The van der Waals surface area contributed by atoms with Crippen LogP contribution < -0.4 is 10.6 Å². The molecule has 0 fully saturated rings. The number of allylic oxidation sites excluding steroid dienone is 1. The Hall–Kier alpha value is -5.69. The normalized spacial score (nSPS) is 15.0. The van der Waals surface area contributed by atoms with Gasteiger partial charge in [-0.05, 0) is 29.8 Å². The lowest BCUT2D eigenvalue weighted by molar-refractivity contribution is -0.139. The monoisotopic (exact) mass is 532 g/mol. The van der Waals surface area contributed by atoms with Crippen LogP contribution in [-0.2, 0) is 19.1 Å². The predicted molar refractivity (Wildman–Crippen MR) is 146 cm³/mol. The number of benzene rings is 3. The first-order valence-electron chi connectivity index (χ1n) is 12.2. The number of methoxy groups -OCH3 is 2.